The molecule has 222 valence electrons. The smallest absolute Gasteiger partial charge is 0.418 e. The Labute approximate surface area is 246 Å². The van der Waals surface area contributed by atoms with Crippen molar-refractivity contribution in [3.05, 3.63) is 70.4 Å². The van der Waals surface area contributed by atoms with E-state index >= 15 is 0 Å². The minimum Gasteiger partial charge on any atom is -0.456 e. The monoisotopic (exact) mass is 560 g/mol. The summed E-state index contributed by atoms with van der Waals surface area (Å²) in [7, 11) is 0. The van der Waals surface area contributed by atoms with Gasteiger partial charge in [-0.15, -0.1) is 0 Å². The van der Waals surface area contributed by atoms with Crippen LogP contribution in [0.15, 0.2) is 42.6 Å². The topological polar surface area (TPSA) is 60.8 Å². The van der Waals surface area contributed by atoms with E-state index in [9.17, 15) is 9.59 Å². The van der Waals surface area contributed by atoms with Gasteiger partial charge in [0.1, 0.15) is 11.2 Å². The van der Waals surface area contributed by atoms with Crippen molar-refractivity contribution in [2.75, 3.05) is 19.6 Å². The molecule has 2 atom stereocenters. The first-order valence-corrected chi connectivity index (χ1v) is 15.1. The van der Waals surface area contributed by atoms with Gasteiger partial charge in [0, 0.05) is 18.1 Å². The van der Waals surface area contributed by atoms with Crippen LogP contribution in [0.5, 0.6) is 0 Å². The second-order valence-corrected chi connectivity index (χ2v) is 13.6. The fraction of sp³-hybridized carbons (Fsp3) is 0.543. The van der Waals surface area contributed by atoms with Crippen molar-refractivity contribution < 1.29 is 19.1 Å². The summed E-state index contributed by atoms with van der Waals surface area (Å²) >= 11 is 0. The van der Waals surface area contributed by atoms with E-state index in [1.807, 2.05) is 59.9 Å². The fourth-order valence-electron chi connectivity index (χ4n) is 6.18. The van der Waals surface area contributed by atoms with Crippen LogP contribution in [0.25, 0.3) is 10.9 Å². The van der Waals surface area contributed by atoms with Gasteiger partial charge in [0.15, 0.2) is 0 Å². The Bertz CT molecular complexity index is 1390. The standard InChI is InChI=1S/C35H48N2O4/c1-10-36-18-11-12-27(30(22-36)25-13-15-26(16-14-25)32(38)40-34(4,5)6)21-29-23(2)20-24(3)31-28(29)17-19-37(31)33(39)41-35(7,8)9/h13-17,19-20,27,30H,10-12,18,21-22H2,1-9H3/t27-,30-/m0/s1. The predicted octanol–water partition coefficient (Wildman–Crippen LogP) is 8.05. The molecule has 0 aliphatic carbocycles. The summed E-state index contributed by atoms with van der Waals surface area (Å²) in [5, 5.41) is 1.13. The molecule has 41 heavy (non-hydrogen) atoms. The lowest BCUT2D eigenvalue weighted by atomic mass is 9.78. The number of aromatic nitrogens is 1. The zero-order chi connectivity index (χ0) is 30.1. The van der Waals surface area contributed by atoms with Gasteiger partial charge in [0.05, 0.1) is 11.1 Å². The molecule has 6 nitrogen and oxygen atoms in total. The van der Waals surface area contributed by atoms with Gasteiger partial charge >= 0.3 is 12.1 Å². The van der Waals surface area contributed by atoms with Crippen LogP contribution in [0.2, 0.25) is 0 Å². The Morgan fingerprint density at radius 1 is 0.927 bits per heavy atom. The van der Waals surface area contributed by atoms with Gasteiger partial charge < -0.3 is 14.4 Å². The van der Waals surface area contributed by atoms with Crippen molar-refractivity contribution in [1.29, 1.82) is 0 Å². The van der Waals surface area contributed by atoms with Crippen LogP contribution >= 0.6 is 0 Å². The molecule has 1 saturated heterocycles. The molecule has 0 spiro atoms. The van der Waals surface area contributed by atoms with E-state index in [0.717, 1.165) is 55.4 Å². The third-order valence-electron chi connectivity index (χ3n) is 8.04. The summed E-state index contributed by atoms with van der Waals surface area (Å²) in [4.78, 5) is 28.3. The fourth-order valence-corrected chi connectivity index (χ4v) is 6.18. The first-order valence-electron chi connectivity index (χ1n) is 15.1. The average Bonchev–Trinajstić information content (AvgIpc) is 3.21. The maximum atomic E-state index is 13.1. The maximum absolute atomic E-state index is 13.1. The van der Waals surface area contributed by atoms with E-state index in [-0.39, 0.29) is 12.1 Å². The van der Waals surface area contributed by atoms with Crippen molar-refractivity contribution in [3.8, 4) is 0 Å². The first kappa shape index (κ1) is 30.8. The highest BCUT2D eigenvalue weighted by molar-refractivity contribution is 5.94. The second kappa shape index (κ2) is 12.0. The molecule has 1 aliphatic heterocycles. The third kappa shape index (κ3) is 7.40. The highest BCUT2D eigenvalue weighted by Crippen LogP contribution is 2.38. The van der Waals surface area contributed by atoms with Crippen LogP contribution in [-0.4, -0.2) is 52.4 Å². The van der Waals surface area contributed by atoms with Gasteiger partial charge in [-0.3, -0.25) is 4.57 Å². The summed E-state index contributed by atoms with van der Waals surface area (Å²) in [5.41, 5.74) is 5.32. The van der Waals surface area contributed by atoms with Gasteiger partial charge in [-0.25, -0.2) is 9.59 Å². The van der Waals surface area contributed by atoms with Crippen LogP contribution in [0.3, 0.4) is 0 Å². The lowest BCUT2D eigenvalue weighted by Crippen LogP contribution is -2.30. The number of ether oxygens (including phenoxy) is 2. The summed E-state index contributed by atoms with van der Waals surface area (Å²) < 4.78 is 13.0. The number of hydrogen-bond donors (Lipinski definition) is 0. The molecular formula is C35H48N2O4. The molecule has 0 bridgehead atoms. The number of carbonyl (C=O) groups excluding carboxylic acids is 2. The molecule has 1 aliphatic rings. The minimum atomic E-state index is -0.563. The summed E-state index contributed by atoms with van der Waals surface area (Å²) in [6.07, 6.45) is 4.71. The number of aryl methyl sites for hydroxylation is 2. The third-order valence-corrected chi connectivity index (χ3v) is 8.04. The molecule has 0 radical (unpaired) electrons. The van der Waals surface area contributed by atoms with Crippen LogP contribution < -0.4 is 0 Å². The van der Waals surface area contributed by atoms with Crippen LogP contribution in [0.4, 0.5) is 4.79 Å². The molecule has 0 N–H and O–H groups in total. The van der Waals surface area contributed by atoms with E-state index in [1.165, 1.54) is 16.7 Å². The zero-order valence-corrected chi connectivity index (χ0v) is 26.5. The molecule has 2 heterocycles. The van der Waals surface area contributed by atoms with Gasteiger partial charge in [0.25, 0.3) is 0 Å². The predicted molar refractivity (Wildman–Crippen MR) is 166 cm³/mol. The molecule has 0 unspecified atom stereocenters. The largest absolute Gasteiger partial charge is 0.456 e. The average molecular weight is 561 g/mol. The van der Waals surface area contributed by atoms with E-state index < -0.39 is 11.2 Å². The SMILES string of the molecule is CCN1CCC[C@@H](Cc2c(C)cc(C)c3c2ccn3C(=O)OC(C)(C)C)[C@H](c2ccc(C(=O)OC(C)(C)C)cc2)C1. The number of benzene rings is 2. The quantitative estimate of drug-likeness (QED) is 0.295. The molecule has 3 aromatic rings. The number of hydrogen-bond acceptors (Lipinski definition) is 5. The van der Waals surface area contributed by atoms with Crippen molar-refractivity contribution in [1.82, 2.24) is 9.47 Å². The van der Waals surface area contributed by atoms with Gasteiger partial charge in [-0.05, 0) is 140 Å². The van der Waals surface area contributed by atoms with Crippen molar-refractivity contribution in [3.63, 3.8) is 0 Å². The van der Waals surface area contributed by atoms with Gasteiger partial charge in [-0.2, -0.15) is 0 Å². The number of esters is 1. The lowest BCUT2D eigenvalue weighted by molar-refractivity contribution is 0.00692. The number of likely N-dealkylation sites (N-methyl/N-ethyl adjacent to an activating group) is 1. The summed E-state index contributed by atoms with van der Waals surface area (Å²) in [5.74, 6) is 0.464. The number of nitrogens with zero attached hydrogens (tertiary/aromatic N) is 2. The molecular weight excluding hydrogens is 512 g/mol. The van der Waals surface area contributed by atoms with Crippen molar-refractivity contribution in [2.45, 2.75) is 98.7 Å². The highest BCUT2D eigenvalue weighted by Gasteiger charge is 2.30. The Morgan fingerprint density at radius 2 is 1.59 bits per heavy atom. The van der Waals surface area contributed by atoms with Crippen LogP contribution in [-0.2, 0) is 15.9 Å². The maximum Gasteiger partial charge on any atom is 0.418 e. The second-order valence-electron chi connectivity index (χ2n) is 13.6. The Balaban J connectivity index is 1.69. The molecule has 4 rings (SSSR count). The van der Waals surface area contributed by atoms with E-state index in [4.69, 9.17) is 9.47 Å². The Morgan fingerprint density at radius 3 is 2.20 bits per heavy atom. The molecule has 0 saturated carbocycles. The van der Waals surface area contributed by atoms with Crippen LogP contribution in [0.1, 0.15) is 99.8 Å². The number of carbonyl (C=O) groups is 2. The van der Waals surface area contributed by atoms with Crippen molar-refractivity contribution in [2.24, 2.45) is 5.92 Å². The molecule has 1 aromatic heterocycles. The molecule has 2 aromatic carbocycles. The number of fused-ring (bicyclic) bond motifs is 1. The number of likely N-dealkylation sites (tertiary alicyclic amines) is 1. The minimum absolute atomic E-state index is 0.288. The van der Waals surface area contributed by atoms with E-state index in [1.54, 1.807) is 4.57 Å². The Kier molecular flexibility index (Phi) is 9.03. The van der Waals surface area contributed by atoms with E-state index in [2.05, 4.69) is 49.9 Å². The molecule has 0 amide bonds. The molecule has 1 fully saturated rings. The van der Waals surface area contributed by atoms with Gasteiger partial charge in [-0.1, -0.05) is 25.1 Å². The van der Waals surface area contributed by atoms with E-state index in [0.29, 0.717) is 17.4 Å². The first-order chi connectivity index (χ1) is 19.2. The Hall–Kier alpha value is -3.12. The van der Waals surface area contributed by atoms with Crippen LogP contribution in [0, 0.1) is 19.8 Å². The normalized spacial score (nSPS) is 18.8. The highest BCUT2D eigenvalue weighted by atomic mass is 16.6. The summed E-state index contributed by atoms with van der Waals surface area (Å²) in [6, 6.07) is 12.3. The zero-order valence-electron chi connectivity index (χ0n) is 26.5. The summed E-state index contributed by atoms with van der Waals surface area (Å²) in [6.45, 7) is 20.9. The lowest BCUT2D eigenvalue weighted by Gasteiger charge is -2.29. The number of rotatable bonds is 5. The van der Waals surface area contributed by atoms with Gasteiger partial charge in [0.2, 0.25) is 0 Å². The molecule has 6 heteroatoms. The van der Waals surface area contributed by atoms with Crippen molar-refractivity contribution >= 4 is 23.0 Å².